The van der Waals surface area contributed by atoms with Crippen molar-refractivity contribution in [1.29, 1.82) is 0 Å². The van der Waals surface area contributed by atoms with Gasteiger partial charge in [-0.05, 0) is 42.4 Å². The molecule has 0 aliphatic carbocycles. The Bertz CT molecular complexity index is 830. The molecule has 0 saturated heterocycles. The molecule has 0 aromatic heterocycles. The zero-order valence-corrected chi connectivity index (χ0v) is 15.1. The van der Waals surface area contributed by atoms with E-state index in [-0.39, 0.29) is 33.8 Å². The Labute approximate surface area is 159 Å². The van der Waals surface area contributed by atoms with Gasteiger partial charge in [-0.15, -0.1) is 0 Å². The topological polar surface area (TPSA) is 84.3 Å². The number of nitro benzene ring substituents is 1. The van der Waals surface area contributed by atoms with Crippen LogP contribution in [0.15, 0.2) is 42.5 Å². The Hall–Kier alpha value is -2.22. The standard InChI is InChI=1S/C16H13Cl2N3O3S/c17-11-6-7-13(14(9-11)21(23)24)19-16(25)20-15(22)8-5-10-3-1-2-4-12(10)18/h1-4,6-7,9H,5,8H2,(H2,19,20,22,25). The Morgan fingerprint density at radius 2 is 1.92 bits per heavy atom. The van der Waals surface area contributed by atoms with Crippen molar-refractivity contribution in [1.82, 2.24) is 5.32 Å². The molecule has 2 N–H and O–H groups in total. The minimum absolute atomic E-state index is 0.0328. The zero-order chi connectivity index (χ0) is 18.4. The summed E-state index contributed by atoms with van der Waals surface area (Å²) in [7, 11) is 0. The van der Waals surface area contributed by atoms with E-state index in [0.29, 0.717) is 11.4 Å². The average Bonchev–Trinajstić information content (AvgIpc) is 2.55. The fraction of sp³-hybridized carbons (Fsp3) is 0.125. The lowest BCUT2D eigenvalue weighted by atomic mass is 10.1. The van der Waals surface area contributed by atoms with Gasteiger partial charge in [0, 0.05) is 22.5 Å². The second kappa shape index (κ2) is 8.75. The molecule has 0 heterocycles. The van der Waals surface area contributed by atoms with Crippen molar-refractivity contribution in [2.45, 2.75) is 12.8 Å². The molecule has 130 valence electrons. The Morgan fingerprint density at radius 3 is 2.60 bits per heavy atom. The van der Waals surface area contributed by atoms with E-state index in [1.807, 2.05) is 18.2 Å². The summed E-state index contributed by atoms with van der Waals surface area (Å²) in [6.07, 6.45) is 0.628. The monoisotopic (exact) mass is 397 g/mol. The number of hydrogen-bond donors (Lipinski definition) is 2. The number of carbonyl (C=O) groups is 1. The Kier molecular flexibility index (Phi) is 6.69. The fourth-order valence-corrected chi connectivity index (χ4v) is 2.67. The summed E-state index contributed by atoms with van der Waals surface area (Å²) in [6, 6.07) is 11.3. The fourth-order valence-electron chi connectivity index (χ4n) is 2.05. The summed E-state index contributed by atoms with van der Waals surface area (Å²) in [5.74, 6) is -0.325. The number of amides is 1. The van der Waals surface area contributed by atoms with Crippen LogP contribution in [0.3, 0.4) is 0 Å². The lowest BCUT2D eigenvalue weighted by Gasteiger charge is -2.10. The summed E-state index contributed by atoms with van der Waals surface area (Å²) in [5, 5.41) is 16.9. The van der Waals surface area contributed by atoms with Crippen LogP contribution in [0.25, 0.3) is 0 Å². The van der Waals surface area contributed by atoms with E-state index in [1.165, 1.54) is 18.2 Å². The molecule has 6 nitrogen and oxygen atoms in total. The maximum absolute atomic E-state index is 12.0. The van der Waals surface area contributed by atoms with Gasteiger partial charge in [0.25, 0.3) is 5.69 Å². The number of nitro groups is 1. The molecule has 2 aromatic rings. The highest BCUT2D eigenvalue weighted by atomic mass is 35.5. The second-order valence-electron chi connectivity index (χ2n) is 5.01. The molecule has 1 amide bonds. The third-order valence-electron chi connectivity index (χ3n) is 3.24. The minimum atomic E-state index is -0.587. The lowest BCUT2D eigenvalue weighted by molar-refractivity contribution is -0.383. The molecule has 0 radical (unpaired) electrons. The molecule has 2 aromatic carbocycles. The predicted octanol–water partition coefficient (Wildman–Crippen LogP) is 4.35. The van der Waals surface area contributed by atoms with Gasteiger partial charge in [-0.2, -0.15) is 0 Å². The minimum Gasteiger partial charge on any atom is -0.327 e. The zero-order valence-electron chi connectivity index (χ0n) is 12.8. The number of halogens is 2. The van der Waals surface area contributed by atoms with Crippen LogP contribution in [0.2, 0.25) is 10.0 Å². The third kappa shape index (κ3) is 5.67. The number of anilines is 1. The van der Waals surface area contributed by atoms with Crippen LogP contribution in [0, 0.1) is 10.1 Å². The first kappa shape index (κ1) is 19.1. The molecule has 25 heavy (non-hydrogen) atoms. The summed E-state index contributed by atoms with van der Waals surface area (Å²) in [5.41, 5.74) is 0.762. The molecule has 9 heteroatoms. The highest BCUT2D eigenvalue weighted by Gasteiger charge is 2.16. The van der Waals surface area contributed by atoms with Crippen molar-refractivity contribution in [3.8, 4) is 0 Å². The first-order valence-corrected chi connectivity index (χ1v) is 8.31. The average molecular weight is 398 g/mol. The number of rotatable bonds is 5. The molecule has 0 unspecified atom stereocenters. The summed E-state index contributed by atoms with van der Waals surface area (Å²) >= 11 is 16.8. The van der Waals surface area contributed by atoms with Gasteiger partial charge in [-0.3, -0.25) is 14.9 Å². The molecule has 0 aliphatic heterocycles. The second-order valence-corrected chi connectivity index (χ2v) is 6.26. The van der Waals surface area contributed by atoms with Crippen LogP contribution in [-0.4, -0.2) is 15.9 Å². The molecular weight excluding hydrogens is 385 g/mol. The summed E-state index contributed by atoms with van der Waals surface area (Å²) in [6.45, 7) is 0. The number of hydrogen-bond acceptors (Lipinski definition) is 4. The third-order valence-corrected chi connectivity index (χ3v) is 4.04. The van der Waals surface area contributed by atoms with E-state index < -0.39 is 4.92 Å². The van der Waals surface area contributed by atoms with Gasteiger partial charge in [0.15, 0.2) is 5.11 Å². The maximum Gasteiger partial charge on any atom is 0.294 e. The van der Waals surface area contributed by atoms with E-state index in [4.69, 9.17) is 35.4 Å². The molecule has 0 saturated carbocycles. The largest absolute Gasteiger partial charge is 0.327 e. The molecule has 0 aliphatic rings. The first-order valence-electron chi connectivity index (χ1n) is 7.15. The number of carbonyl (C=O) groups excluding carboxylic acids is 1. The van der Waals surface area contributed by atoms with Crippen LogP contribution >= 0.6 is 35.4 Å². The van der Waals surface area contributed by atoms with E-state index in [2.05, 4.69) is 10.6 Å². The van der Waals surface area contributed by atoms with Crippen LogP contribution < -0.4 is 10.6 Å². The smallest absolute Gasteiger partial charge is 0.294 e. The van der Waals surface area contributed by atoms with Gasteiger partial charge >= 0.3 is 0 Å². The summed E-state index contributed by atoms with van der Waals surface area (Å²) in [4.78, 5) is 22.4. The van der Waals surface area contributed by atoms with Crippen molar-refractivity contribution in [3.63, 3.8) is 0 Å². The normalized spacial score (nSPS) is 10.2. The number of thiocarbonyl (C=S) groups is 1. The molecule has 0 bridgehead atoms. The quantitative estimate of drug-likeness (QED) is 0.445. The first-order chi connectivity index (χ1) is 11.9. The van der Waals surface area contributed by atoms with Gasteiger partial charge < -0.3 is 10.6 Å². The molecule has 2 rings (SSSR count). The SMILES string of the molecule is O=C(CCc1ccccc1Cl)NC(=S)Nc1ccc(Cl)cc1[N+](=O)[O-]. The number of aryl methyl sites for hydroxylation is 1. The van der Waals surface area contributed by atoms with Gasteiger partial charge in [-0.1, -0.05) is 41.4 Å². The molecular formula is C16H13Cl2N3O3S. The Balaban J connectivity index is 1.93. The molecule has 0 atom stereocenters. The van der Waals surface area contributed by atoms with Crippen LogP contribution in [0.1, 0.15) is 12.0 Å². The van der Waals surface area contributed by atoms with Crippen molar-refractivity contribution >= 4 is 57.8 Å². The van der Waals surface area contributed by atoms with Gasteiger partial charge in [-0.25, -0.2) is 0 Å². The highest BCUT2D eigenvalue weighted by molar-refractivity contribution is 7.80. The van der Waals surface area contributed by atoms with E-state index in [0.717, 1.165) is 5.56 Å². The van der Waals surface area contributed by atoms with E-state index in [1.54, 1.807) is 6.07 Å². The van der Waals surface area contributed by atoms with E-state index >= 15 is 0 Å². The molecule has 0 fully saturated rings. The van der Waals surface area contributed by atoms with Crippen molar-refractivity contribution in [3.05, 3.63) is 68.2 Å². The van der Waals surface area contributed by atoms with Gasteiger partial charge in [0.2, 0.25) is 5.91 Å². The van der Waals surface area contributed by atoms with Crippen LogP contribution in [0.4, 0.5) is 11.4 Å². The van der Waals surface area contributed by atoms with Crippen molar-refractivity contribution in [2.75, 3.05) is 5.32 Å². The maximum atomic E-state index is 12.0. The molecule has 0 spiro atoms. The number of nitrogens with one attached hydrogen (secondary N) is 2. The number of benzene rings is 2. The van der Waals surface area contributed by atoms with Crippen LogP contribution in [0.5, 0.6) is 0 Å². The van der Waals surface area contributed by atoms with Gasteiger partial charge in [0.1, 0.15) is 5.69 Å². The summed E-state index contributed by atoms with van der Waals surface area (Å²) < 4.78 is 0. The van der Waals surface area contributed by atoms with Gasteiger partial charge in [0.05, 0.1) is 4.92 Å². The number of nitrogens with zero attached hydrogens (tertiary/aromatic N) is 1. The van der Waals surface area contributed by atoms with Crippen molar-refractivity contribution < 1.29 is 9.72 Å². The Morgan fingerprint density at radius 1 is 1.20 bits per heavy atom. The van der Waals surface area contributed by atoms with Crippen LogP contribution in [-0.2, 0) is 11.2 Å². The predicted molar refractivity (Wildman–Crippen MR) is 102 cm³/mol. The lowest BCUT2D eigenvalue weighted by Crippen LogP contribution is -2.34. The van der Waals surface area contributed by atoms with Crippen molar-refractivity contribution in [2.24, 2.45) is 0 Å². The highest BCUT2D eigenvalue weighted by Crippen LogP contribution is 2.27. The van der Waals surface area contributed by atoms with E-state index in [9.17, 15) is 14.9 Å².